The summed E-state index contributed by atoms with van der Waals surface area (Å²) < 4.78 is 0. The van der Waals surface area contributed by atoms with Crippen LogP contribution in [-0.2, 0) is 0 Å². The first-order valence-corrected chi connectivity index (χ1v) is 18.1. The number of aromatic nitrogens is 4. The minimum atomic E-state index is 0.635. The highest BCUT2D eigenvalue weighted by atomic mass is 15.0. The molecule has 8 aromatic carbocycles. The van der Waals surface area contributed by atoms with Gasteiger partial charge in [0.25, 0.3) is 0 Å². The second kappa shape index (κ2) is 13.4. The van der Waals surface area contributed by atoms with Gasteiger partial charge in [0.1, 0.15) is 0 Å². The van der Waals surface area contributed by atoms with Crippen LogP contribution in [0.1, 0.15) is 0 Å². The van der Waals surface area contributed by atoms with Gasteiger partial charge in [-0.15, -0.1) is 0 Å². The van der Waals surface area contributed by atoms with E-state index in [-0.39, 0.29) is 0 Å². The van der Waals surface area contributed by atoms with Crippen molar-refractivity contribution in [3.05, 3.63) is 194 Å². The number of benzene rings is 8. The van der Waals surface area contributed by atoms with Gasteiger partial charge in [-0.2, -0.15) is 0 Å². The summed E-state index contributed by atoms with van der Waals surface area (Å²) in [6, 6.07) is 67.6. The van der Waals surface area contributed by atoms with Crippen LogP contribution in [0, 0.1) is 0 Å². The molecule has 0 aliphatic rings. The maximum atomic E-state index is 5.30. The van der Waals surface area contributed by atoms with Gasteiger partial charge in [-0.25, -0.2) is 19.9 Å². The third kappa shape index (κ3) is 5.67. The van der Waals surface area contributed by atoms with Gasteiger partial charge in [0.15, 0.2) is 17.5 Å². The molecule has 0 spiro atoms. The van der Waals surface area contributed by atoms with Gasteiger partial charge in [0.05, 0.1) is 11.2 Å². The van der Waals surface area contributed by atoms with Crippen molar-refractivity contribution in [2.24, 2.45) is 0 Å². The van der Waals surface area contributed by atoms with Crippen molar-refractivity contribution in [1.29, 1.82) is 0 Å². The van der Waals surface area contributed by atoms with E-state index in [4.69, 9.17) is 19.9 Å². The molecule has 0 radical (unpaired) electrons. The number of hydrogen-bond donors (Lipinski definition) is 0. The van der Waals surface area contributed by atoms with Gasteiger partial charge in [-0.1, -0.05) is 182 Å². The molecular formula is C50H32N4. The molecule has 0 saturated heterocycles. The first-order chi connectivity index (χ1) is 26.8. The van der Waals surface area contributed by atoms with Crippen molar-refractivity contribution in [3.63, 3.8) is 0 Å². The smallest absolute Gasteiger partial charge is 0.164 e. The third-order valence-corrected chi connectivity index (χ3v) is 10.1. The largest absolute Gasteiger partial charge is 0.247 e. The molecule has 0 amide bonds. The molecule has 0 saturated carbocycles. The fraction of sp³-hybridized carbons (Fsp3) is 0. The molecule has 0 fully saturated rings. The van der Waals surface area contributed by atoms with Crippen molar-refractivity contribution in [1.82, 2.24) is 19.9 Å². The quantitative estimate of drug-likeness (QED) is 0.163. The lowest BCUT2D eigenvalue weighted by atomic mass is 9.90. The summed E-state index contributed by atoms with van der Waals surface area (Å²) in [5, 5.41) is 5.90. The maximum Gasteiger partial charge on any atom is 0.164 e. The van der Waals surface area contributed by atoms with Gasteiger partial charge in [-0.3, -0.25) is 0 Å². The van der Waals surface area contributed by atoms with E-state index in [2.05, 4.69) is 133 Å². The van der Waals surface area contributed by atoms with E-state index in [1.54, 1.807) is 0 Å². The molecule has 2 heterocycles. The summed E-state index contributed by atoms with van der Waals surface area (Å²) in [6.45, 7) is 0. The highest BCUT2D eigenvalue weighted by molar-refractivity contribution is 6.19. The van der Waals surface area contributed by atoms with Crippen LogP contribution in [-0.4, -0.2) is 19.9 Å². The Hall–Kier alpha value is -7.30. The molecule has 252 valence electrons. The standard InChI is InChI=1S/C50H32N4/c1-4-15-35(16-5-1)47-43-25-13-24-42(41-23-12-21-34-14-10-11-22-40(34)41)46(43)44-32-39(30-31-45(44)51-47)33-26-28-38(29-27-33)50-53-48(36-17-6-2-7-18-36)52-49(54-50)37-19-8-3-9-20-37/h1-32H. The first kappa shape index (κ1) is 31.4. The summed E-state index contributed by atoms with van der Waals surface area (Å²) in [7, 11) is 0. The summed E-state index contributed by atoms with van der Waals surface area (Å²) in [5.74, 6) is 1.93. The molecule has 0 bridgehead atoms. The van der Waals surface area contributed by atoms with Crippen molar-refractivity contribution in [2.75, 3.05) is 0 Å². The van der Waals surface area contributed by atoms with Crippen molar-refractivity contribution >= 4 is 32.4 Å². The molecular weight excluding hydrogens is 657 g/mol. The van der Waals surface area contributed by atoms with Crippen LogP contribution in [0.5, 0.6) is 0 Å². The lowest BCUT2D eigenvalue weighted by molar-refractivity contribution is 1.07. The number of rotatable bonds is 6. The average Bonchev–Trinajstić information content (AvgIpc) is 3.26. The molecule has 10 aromatic rings. The molecule has 4 heteroatoms. The van der Waals surface area contributed by atoms with Gasteiger partial charge in [0.2, 0.25) is 0 Å². The molecule has 0 aliphatic heterocycles. The molecule has 10 rings (SSSR count). The Labute approximate surface area is 313 Å². The van der Waals surface area contributed by atoms with Crippen molar-refractivity contribution in [2.45, 2.75) is 0 Å². The number of fused-ring (bicyclic) bond motifs is 4. The minimum Gasteiger partial charge on any atom is -0.247 e. The topological polar surface area (TPSA) is 51.6 Å². The fourth-order valence-corrected chi connectivity index (χ4v) is 7.48. The Morgan fingerprint density at radius 2 is 0.759 bits per heavy atom. The van der Waals surface area contributed by atoms with Gasteiger partial charge in [-0.05, 0) is 45.2 Å². The lowest BCUT2D eigenvalue weighted by Gasteiger charge is -2.16. The van der Waals surface area contributed by atoms with E-state index in [0.717, 1.165) is 55.4 Å². The monoisotopic (exact) mass is 688 g/mol. The fourth-order valence-electron chi connectivity index (χ4n) is 7.48. The summed E-state index contributed by atoms with van der Waals surface area (Å²) in [4.78, 5) is 20.0. The summed E-state index contributed by atoms with van der Waals surface area (Å²) in [5.41, 5.74) is 10.5. The van der Waals surface area contributed by atoms with Crippen molar-refractivity contribution in [3.8, 4) is 67.7 Å². The van der Waals surface area contributed by atoms with Gasteiger partial charge >= 0.3 is 0 Å². The Bertz CT molecular complexity index is 2900. The van der Waals surface area contributed by atoms with E-state index in [0.29, 0.717) is 17.5 Å². The molecule has 4 nitrogen and oxygen atoms in total. The Balaban J connectivity index is 1.13. The predicted molar refractivity (Wildman–Crippen MR) is 223 cm³/mol. The zero-order valence-electron chi connectivity index (χ0n) is 29.3. The second-order valence-electron chi connectivity index (χ2n) is 13.4. The lowest BCUT2D eigenvalue weighted by Crippen LogP contribution is -2.00. The number of nitrogens with zero attached hydrogens (tertiary/aromatic N) is 4. The normalized spacial score (nSPS) is 11.3. The van der Waals surface area contributed by atoms with Crippen LogP contribution in [0.3, 0.4) is 0 Å². The van der Waals surface area contributed by atoms with E-state index >= 15 is 0 Å². The predicted octanol–water partition coefficient (Wildman–Crippen LogP) is 12.7. The van der Waals surface area contributed by atoms with Crippen LogP contribution in [0.2, 0.25) is 0 Å². The highest BCUT2D eigenvalue weighted by Gasteiger charge is 2.17. The zero-order chi connectivity index (χ0) is 35.8. The maximum absolute atomic E-state index is 5.30. The Kier molecular flexibility index (Phi) is 7.77. The van der Waals surface area contributed by atoms with E-state index in [1.165, 1.54) is 27.3 Å². The Morgan fingerprint density at radius 3 is 1.43 bits per heavy atom. The van der Waals surface area contributed by atoms with Crippen LogP contribution < -0.4 is 0 Å². The molecule has 0 N–H and O–H groups in total. The molecule has 2 aromatic heterocycles. The zero-order valence-corrected chi connectivity index (χ0v) is 29.3. The SMILES string of the molecule is c1ccc(-c2nc(-c3ccccc3)nc(-c3ccc(-c4ccc5nc(-c6ccccc6)c6cccc(-c7cccc8ccccc78)c6c5c4)cc3)n2)cc1. The third-order valence-electron chi connectivity index (χ3n) is 10.1. The molecule has 0 atom stereocenters. The number of pyridine rings is 1. The molecule has 0 aliphatic carbocycles. The average molecular weight is 689 g/mol. The summed E-state index contributed by atoms with van der Waals surface area (Å²) >= 11 is 0. The second-order valence-corrected chi connectivity index (χ2v) is 13.4. The number of hydrogen-bond acceptors (Lipinski definition) is 4. The molecule has 0 unspecified atom stereocenters. The van der Waals surface area contributed by atoms with Crippen LogP contribution >= 0.6 is 0 Å². The van der Waals surface area contributed by atoms with Crippen molar-refractivity contribution < 1.29 is 0 Å². The minimum absolute atomic E-state index is 0.635. The summed E-state index contributed by atoms with van der Waals surface area (Å²) in [6.07, 6.45) is 0. The van der Waals surface area contributed by atoms with Gasteiger partial charge in [0, 0.05) is 38.4 Å². The van der Waals surface area contributed by atoms with E-state index in [9.17, 15) is 0 Å². The van der Waals surface area contributed by atoms with Crippen LogP contribution in [0.4, 0.5) is 0 Å². The molecule has 54 heavy (non-hydrogen) atoms. The van der Waals surface area contributed by atoms with Gasteiger partial charge < -0.3 is 0 Å². The van der Waals surface area contributed by atoms with E-state index in [1.807, 2.05) is 60.7 Å². The van der Waals surface area contributed by atoms with Crippen LogP contribution in [0.15, 0.2) is 194 Å². The highest BCUT2D eigenvalue weighted by Crippen LogP contribution is 2.41. The first-order valence-electron chi connectivity index (χ1n) is 18.1. The van der Waals surface area contributed by atoms with E-state index < -0.39 is 0 Å². The van der Waals surface area contributed by atoms with Crippen LogP contribution in [0.25, 0.3) is 100 Å². The Morgan fingerprint density at radius 1 is 0.278 bits per heavy atom.